The van der Waals surface area contributed by atoms with Gasteiger partial charge in [0.25, 0.3) is 0 Å². The highest BCUT2D eigenvalue weighted by atomic mass is 16.6. The summed E-state index contributed by atoms with van der Waals surface area (Å²) in [5, 5.41) is 12.5. The molecular formula is C20H22N4O4. The predicted molar refractivity (Wildman–Crippen MR) is 99.3 cm³/mol. The largest absolute Gasteiger partial charge is 0.442 e. The van der Waals surface area contributed by atoms with Gasteiger partial charge in [-0.2, -0.15) is 5.26 Å². The van der Waals surface area contributed by atoms with Gasteiger partial charge in [0.15, 0.2) is 0 Å². The fraction of sp³-hybridized carbons (Fsp3) is 0.500. The highest BCUT2D eigenvalue weighted by molar-refractivity contribution is 5.90. The Balaban J connectivity index is 1.45. The second-order valence-electron chi connectivity index (χ2n) is 7.72. The standard InChI is InChI=1S/C20H22N4O4/c1-12(25)22-7-16-8-24(19(27)28-16)15-5-3-14(4-6-15)20(11-21)17-9-23(13(2)26)10-18(17)20/h3-6,16-18H,7-10H2,1-2H3,(H,22,25)/t16-,17-,18+,20?/m0/s1. The van der Waals surface area contributed by atoms with Crippen LogP contribution in [-0.4, -0.2) is 55.1 Å². The van der Waals surface area contributed by atoms with Gasteiger partial charge < -0.3 is 15.0 Å². The molecule has 3 amide bonds. The van der Waals surface area contributed by atoms with Crippen LogP contribution in [0.4, 0.5) is 10.5 Å². The number of rotatable bonds is 4. The highest BCUT2D eigenvalue weighted by Gasteiger charge is 2.70. The number of nitrogens with zero attached hydrogens (tertiary/aromatic N) is 3. The van der Waals surface area contributed by atoms with Crippen molar-refractivity contribution in [3.8, 4) is 6.07 Å². The third kappa shape index (κ3) is 2.78. The van der Waals surface area contributed by atoms with Crippen LogP contribution in [0.2, 0.25) is 0 Å². The van der Waals surface area contributed by atoms with Crippen LogP contribution >= 0.6 is 0 Å². The van der Waals surface area contributed by atoms with Crippen molar-refractivity contribution >= 4 is 23.6 Å². The maximum absolute atomic E-state index is 12.1. The number of hydrogen-bond donors (Lipinski definition) is 1. The van der Waals surface area contributed by atoms with Gasteiger partial charge in [-0.1, -0.05) is 12.1 Å². The van der Waals surface area contributed by atoms with Crippen LogP contribution in [0.25, 0.3) is 0 Å². The van der Waals surface area contributed by atoms with Crippen LogP contribution in [0.1, 0.15) is 19.4 Å². The minimum absolute atomic E-state index is 0.0516. The molecule has 146 valence electrons. The second kappa shape index (κ2) is 6.51. The van der Waals surface area contributed by atoms with Crippen LogP contribution in [0.15, 0.2) is 24.3 Å². The predicted octanol–water partition coefficient (Wildman–Crippen LogP) is 1.02. The number of amides is 3. The van der Waals surface area contributed by atoms with Gasteiger partial charge in [0, 0.05) is 44.5 Å². The number of carbonyl (C=O) groups excluding carboxylic acids is 3. The summed E-state index contributed by atoms with van der Waals surface area (Å²) in [5.74, 6) is 0.229. The molecule has 8 heteroatoms. The molecule has 4 atom stereocenters. The van der Waals surface area contributed by atoms with Crippen LogP contribution in [0.3, 0.4) is 0 Å². The molecule has 2 saturated heterocycles. The number of piperidine rings is 1. The number of nitriles is 1. The zero-order chi connectivity index (χ0) is 20.1. The Labute approximate surface area is 163 Å². The molecule has 0 radical (unpaired) electrons. The quantitative estimate of drug-likeness (QED) is 0.837. The summed E-state index contributed by atoms with van der Waals surface area (Å²) in [6.45, 7) is 4.87. The highest BCUT2D eigenvalue weighted by Crippen LogP contribution is 2.63. The number of carbonyl (C=O) groups is 3. The van der Waals surface area contributed by atoms with Gasteiger partial charge >= 0.3 is 6.09 Å². The van der Waals surface area contributed by atoms with E-state index in [1.807, 2.05) is 24.3 Å². The summed E-state index contributed by atoms with van der Waals surface area (Å²) >= 11 is 0. The van der Waals surface area contributed by atoms with Crippen molar-refractivity contribution in [3.05, 3.63) is 29.8 Å². The Kier molecular flexibility index (Phi) is 4.26. The van der Waals surface area contributed by atoms with Crippen LogP contribution in [0.5, 0.6) is 0 Å². The molecule has 1 N–H and O–H groups in total. The summed E-state index contributed by atoms with van der Waals surface area (Å²) < 4.78 is 5.29. The van der Waals surface area contributed by atoms with E-state index in [2.05, 4.69) is 11.4 Å². The number of benzene rings is 1. The Bertz CT molecular complexity index is 863. The van der Waals surface area contributed by atoms with Crippen molar-refractivity contribution in [1.29, 1.82) is 5.26 Å². The smallest absolute Gasteiger partial charge is 0.414 e. The molecule has 1 aromatic carbocycles. The number of anilines is 1. The Hall–Kier alpha value is -3.08. The average Bonchev–Trinajstić information content (AvgIpc) is 2.99. The lowest BCUT2D eigenvalue weighted by atomic mass is 9.91. The van der Waals surface area contributed by atoms with E-state index < -0.39 is 11.5 Å². The first-order valence-corrected chi connectivity index (χ1v) is 9.36. The lowest BCUT2D eigenvalue weighted by molar-refractivity contribution is -0.128. The van der Waals surface area contributed by atoms with Gasteiger partial charge in [0.2, 0.25) is 11.8 Å². The average molecular weight is 382 g/mol. The topological polar surface area (TPSA) is 103 Å². The molecule has 2 heterocycles. The van der Waals surface area contributed by atoms with Gasteiger partial charge in [-0.3, -0.25) is 14.5 Å². The van der Waals surface area contributed by atoms with Gasteiger partial charge in [0.1, 0.15) is 6.10 Å². The van der Waals surface area contributed by atoms with Gasteiger partial charge in [-0.25, -0.2) is 4.79 Å². The van der Waals surface area contributed by atoms with Crippen molar-refractivity contribution in [1.82, 2.24) is 10.2 Å². The molecule has 1 aliphatic carbocycles. The molecule has 8 nitrogen and oxygen atoms in total. The zero-order valence-corrected chi connectivity index (χ0v) is 15.8. The van der Waals surface area contributed by atoms with Crippen LogP contribution < -0.4 is 10.2 Å². The fourth-order valence-electron chi connectivity index (χ4n) is 4.56. The van der Waals surface area contributed by atoms with E-state index in [0.717, 1.165) is 5.56 Å². The summed E-state index contributed by atoms with van der Waals surface area (Å²) in [4.78, 5) is 38.0. The number of likely N-dealkylation sites (tertiary alicyclic amines) is 1. The molecule has 4 rings (SSSR count). The summed E-state index contributed by atoms with van der Waals surface area (Å²) in [6, 6.07) is 9.92. The van der Waals surface area contributed by atoms with E-state index in [4.69, 9.17) is 4.74 Å². The van der Waals surface area contributed by atoms with Crippen molar-refractivity contribution in [3.63, 3.8) is 0 Å². The van der Waals surface area contributed by atoms with Crippen molar-refractivity contribution in [2.45, 2.75) is 25.4 Å². The van der Waals surface area contributed by atoms with E-state index >= 15 is 0 Å². The second-order valence-corrected chi connectivity index (χ2v) is 7.72. The van der Waals surface area contributed by atoms with Gasteiger partial charge in [-0.15, -0.1) is 0 Å². The van der Waals surface area contributed by atoms with Crippen LogP contribution in [0, 0.1) is 23.2 Å². The lowest BCUT2D eigenvalue weighted by Gasteiger charge is -2.22. The van der Waals surface area contributed by atoms with Gasteiger partial charge in [0.05, 0.1) is 24.6 Å². The molecule has 0 spiro atoms. The minimum atomic E-state index is -0.538. The van der Waals surface area contributed by atoms with E-state index in [-0.39, 0.29) is 36.3 Å². The summed E-state index contributed by atoms with van der Waals surface area (Å²) in [7, 11) is 0. The monoisotopic (exact) mass is 382 g/mol. The SMILES string of the molecule is CC(=O)NC[C@H]1CN(c2ccc(C3(C#N)[C@@H]4CN(C(C)=O)C[C@@H]43)cc2)C(=O)O1. The van der Waals surface area contributed by atoms with E-state index in [0.29, 0.717) is 25.3 Å². The minimum Gasteiger partial charge on any atom is -0.442 e. The van der Waals surface area contributed by atoms with Gasteiger partial charge in [-0.05, 0) is 17.7 Å². The van der Waals surface area contributed by atoms with E-state index in [1.54, 1.807) is 11.8 Å². The molecule has 3 fully saturated rings. The van der Waals surface area contributed by atoms with E-state index in [9.17, 15) is 19.6 Å². The molecule has 2 aliphatic heterocycles. The summed E-state index contributed by atoms with van der Waals surface area (Å²) in [6.07, 6.45) is -0.833. The molecule has 3 aliphatic rings. The number of fused-ring (bicyclic) bond motifs is 1. The van der Waals surface area contributed by atoms with Crippen LogP contribution in [-0.2, 0) is 19.7 Å². The Morgan fingerprint density at radius 1 is 1.21 bits per heavy atom. The third-order valence-corrected chi connectivity index (χ3v) is 6.12. The number of ether oxygens (including phenoxy) is 1. The molecule has 0 aromatic heterocycles. The maximum atomic E-state index is 12.1. The van der Waals surface area contributed by atoms with Crippen molar-refractivity contribution < 1.29 is 19.1 Å². The molecule has 0 bridgehead atoms. The Morgan fingerprint density at radius 2 is 1.86 bits per heavy atom. The molecule has 1 aromatic rings. The maximum Gasteiger partial charge on any atom is 0.414 e. The molecule has 1 unspecified atom stereocenters. The van der Waals surface area contributed by atoms with E-state index in [1.165, 1.54) is 11.8 Å². The molecular weight excluding hydrogens is 360 g/mol. The van der Waals surface area contributed by atoms with Crippen molar-refractivity contribution in [2.24, 2.45) is 11.8 Å². The molecule has 28 heavy (non-hydrogen) atoms. The normalized spacial score (nSPS) is 30.5. The first-order valence-electron chi connectivity index (χ1n) is 9.36. The first-order chi connectivity index (χ1) is 13.4. The first kappa shape index (κ1) is 18.3. The number of cyclic esters (lactones) is 1. The number of hydrogen-bond acceptors (Lipinski definition) is 5. The third-order valence-electron chi connectivity index (χ3n) is 6.12. The lowest BCUT2D eigenvalue weighted by Crippen LogP contribution is -2.33. The zero-order valence-electron chi connectivity index (χ0n) is 15.8. The number of nitrogens with one attached hydrogen (secondary N) is 1. The fourth-order valence-corrected chi connectivity index (χ4v) is 4.56. The molecule has 1 saturated carbocycles. The summed E-state index contributed by atoms with van der Waals surface area (Å²) in [5.41, 5.74) is 1.09. The van der Waals surface area contributed by atoms with Crippen molar-refractivity contribution in [2.75, 3.05) is 31.1 Å². The Morgan fingerprint density at radius 3 is 2.39 bits per heavy atom.